The van der Waals surface area contributed by atoms with Gasteiger partial charge >= 0.3 is 0 Å². The van der Waals surface area contributed by atoms with E-state index < -0.39 is 0 Å². The van der Waals surface area contributed by atoms with Crippen LogP contribution in [0.2, 0.25) is 0 Å². The highest BCUT2D eigenvalue weighted by Gasteiger charge is 2.49. The predicted molar refractivity (Wildman–Crippen MR) is 100 cm³/mol. The Kier molecular flexibility index (Phi) is 5.33. The topological polar surface area (TPSA) is 26.8 Å². The zero-order valence-corrected chi connectivity index (χ0v) is 16.4. The van der Waals surface area contributed by atoms with Crippen LogP contribution in [0.4, 0.5) is 0 Å². The van der Waals surface area contributed by atoms with Crippen LogP contribution in [-0.2, 0) is 11.3 Å². The molecule has 0 saturated carbocycles. The molecule has 0 radical (unpaired) electrons. The lowest BCUT2D eigenvalue weighted by Crippen LogP contribution is -2.67. The molecule has 1 aromatic rings. The van der Waals surface area contributed by atoms with E-state index in [9.17, 15) is 4.79 Å². The summed E-state index contributed by atoms with van der Waals surface area (Å²) in [7, 11) is 2.14. The molecule has 134 valence electrons. The molecule has 2 aliphatic rings. The van der Waals surface area contributed by atoms with Gasteiger partial charge in [0.1, 0.15) is 5.54 Å². The number of aryl methyl sites for hydroxylation is 1. The summed E-state index contributed by atoms with van der Waals surface area (Å²) in [5.74, 6) is 0.910. The number of hydrogen-bond acceptors (Lipinski definition) is 4. The molecular formula is C19H31N3OS. The van der Waals surface area contributed by atoms with Gasteiger partial charge in [-0.15, -0.1) is 11.3 Å². The average Bonchev–Trinajstić information content (AvgIpc) is 2.95. The summed E-state index contributed by atoms with van der Waals surface area (Å²) in [6, 6.07) is 4.44. The van der Waals surface area contributed by atoms with Crippen molar-refractivity contribution < 1.29 is 4.79 Å². The first-order valence-electron chi connectivity index (χ1n) is 9.19. The number of hydrogen-bond donors (Lipinski definition) is 0. The second-order valence-corrected chi connectivity index (χ2v) is 9.26. The Morgan fingerprint density at radius 2 is 1.88 bits per heavy atom. The van der Waals surface area contributed by atoms with Crippen molar-refractivity contribution in [3.8, 4) is 0 Å². The fourth-order valence-electron chi connectivity index (χ4n) is 4.13. The predicted octanol–water partition coefficient (Wildman–Crippen LogP) is 2.82. The summed E-state index contributed by atoms with van der Waals surface area (Å²) in [5.41, 5.74) is -0.255. The van der Waals surface area contributed by atoms with Crippen LogP contribution in [0.15, 0.2) is 12.1 Å². The minimum Gasteiger partial charge on any atom is -0.340 e. The van der Waals surface area contributed by atoms with E-state index in [-0.39, 0.29) is 5.54 Å². The molecule has 1 amide bonds. The third kappa shape index (κ3) is 3.53. The molecule has 4 nitrogen and oxygen atoms in total. The number of likely N-dealkylation sites (tertiary alicyclic amines) is 1. The Balaban J connectivity index is 1.64. The molecule has 2 saturated heterocycles. The Bertz CT molecular complexity index is 575. The number of carbonyl (C=O) groups excluding carboxylic acids is 1. The second-order valence-electron chi connectivity index (χ2n) is 7.89. The van der Waals surface area contributed by atoms with Gasteiger partial charge in [-0.1, -0.05) is 13.8 Å². The van der Waals surface area contributed by atoms with Crippen LogP contribution < -0.4 is 0 Å². The minimum atomic E-state index is -0.255. The first-order chi connectivity index (χ1) is 11.4. The van der Waals surface area contributed by atoms with E-state index in [1.54, 1.807) is 0 Å². The number of thiophene rings is 1. The minimum absolute atomic E-state index is 0.255. The standard InChI is InChI=1S/C19H31N3OS/c1-15(2)13-22-12-11-20(4)19(18(22)23)7-9-21(10-8-19)14-17-6-5-16(3)24-17/h5-6,15H,7-14H2,1-4H3. The first kappa shape index (κ1) is 17.9. The van der Waals surface area contributed by atoms with Gasteiger partial charge in [-0.2, -0.15) is 0 Å². The molecule has 0 bridgehead atoms. The molecule has 2 fully saturated rings. The summed E-state index contributed by atoms with van der Waals surface area (Å²) < 4.78 is 0. The molecule has 3 rings (SSSR count). The summed E-state index contributed by atoms with van der Waals surface area (Å²) in [6.07, 6.45) is 1.92. The maximum Gasteiger partial charge on any atom is 0.243 e. The van der Waals surface area contributed by atoms with Crippen LogP contribution >= 0.6 is 11.3 Å². The second kappa shape index (κ2) is 7.14. The number of nitrogens with zero attached hydrogens (tertiary/aromatic N) is 3. The maximum absolute atomic E-state index is 13.2. The summed E-state index contributed by atoms with van der Waals surface area (Å²) in [4.78, 5) is 23.0. The number of piperidine rings is 1. The molecule has 1 aromatic heterocycles. The largest absolute Gasteiger partial charge is 0.340 e. The fourth-order valence-corrected chi connectivity index (χ4v) is 5.06. The molecule has 1 spiro atoms. The lowest BCUT2D eigenvalue weighted by molar-refractivity contribution is -0.155. The van der Waals surface area contributed by atoms with Crippen molar-refractivity contribution >= 4 is 17.2 Å². The van der Waals surface area contributed by atoms with E-state index in [0.717, 1.165) is 52.1 Å². The van der Waals surface area contributed by atoms with Gasteiger partial charge in [0.2, 0.25) is 5.91 Å². The molecule has 0 aliphatic carbocycles. The fraction of sp³-hybridized carbons (Fsp3) is 0.737. The lowest BCUT2D eigenvalue weighted by atomic mass is 9.82. The van der Waals surface area contributed by atoms with Gasteiger partial charge in [-0.05, 0) is 44.9 Å². The monoisotopic (exact) mass is 349 g/mol. The average molecular weight is 350 g/mol. The third-order valence-electron chi connectivity index (χ3n) is 5.57. The SMILES string of the molecule is Cc1ccc(CN2CCC3(CC2)C(=O)N(CC(C)C)CCN3C)s1. The van der Waals surface area contributed by atoms with E-state index in [1.807, 2.05) is 11.3 Å². The highest BCUT2D eigenvalue weighted by atomic mass is 32.1. The molecule has 0 unspecified atom stereocenters. The van der Waals surface area contributed by atoms with Crippen molar-refractivity contribution in [2.45, 2.75) is 45.7 Å². The van der Waals surface area contributed by atoms with Crippen LogP contribution in [0.3, 0.4) is 0 Å². The Hall–Kier alpha value is -0.910. The number of amides is 1. The van der Waals surface area contributed by atoms with E-state index >= 15 is 0 Å². The van der Waals surface area contributed by atoms with Gasteiger partial charge in [0.15, 0.2) is 0 Å². The van der Waals surface area contributed by atoms with Crippen molar-refractivity contribution in [2.24, 2.45) is 5.92 Å². The molecule has 0 N–H and O–H groups in total. The van der Waals surface area contributed by atoms with Crippen molar-refractivity contribution in [2.75, 3.05) is 39.8 Å². The van der Waals surface area contributed by atoms with Gasteiger partial charge in [0.25, 0.3) is 0 Å². The van der Waals surface area contributed by atoms with Crippen LogP contribution in [-0.4, -0.2) is 65.9 Å². The molecule has 3 heterocycles. The van der Waals surface area contributed by atoms with E-state index in [2.05, 4.69) is 54.7 Å². The van der Waals surface area contributed by atoms with E-state index in [0.29, 0.717) is 11.8 Å². The van der Waals surface area contributed by atoms with Gasteiger partial charge < -0.3 is 4.90 Å². The van der Waals surface area contributed by atoms with Gasteiger partial charge in [-0.3, -0.25) is 14.6 Å². The number of rotatable bonds is 4. The number of likely N-dealkylation sites (N-methyl/N-ethyl adjacent to an activating group) is 1. The van der Waals surface area contributed by atoms with Crippen molar-refractivity contribution in [3.05, 3.63) is 21.9 Å². The molecule has 24 heavy (non-hydrogen) atoms. The number of piperazine rings is 1. The van der Waals surface area contributed by atoms with Crippen LogP contribution in [0, 0.1) is 12.8 Å². The first-order valence-corrected chi connectivity index (χ1v) is 10.0. The normalized spacial score (nSPS) is 22.7. The zero-order valence-electron chi connectivity index (χ0n) is 15.5. The summed E-state index contributed by atoms with van der Waals surface area (Å²) in [6.45, 7) is 12.4. The quantitative estimate of drug-likeness (QED) is 0.836. The van der Waals surface area contributed by atoms with Crippen LogP contribution in [0.1, 0.15) is 36.4 Å². The molecule has 5 heteroatoms. The summed E-state index contributed by atoms with van der Waals surface area (Å²) in [5, 5.41) is 0. The number of carbonyl (C=O) groups is 1. The Labute approximate surface area is 150 Å². The van der Waals surface area contributed by atoms with Crippen molar-refractivity contribution in [1.82, 2.24) is 14.7 Å². The summed E-state index contributed by atoms with van der Waals surface area (Å²) >= 11 is 1.89. The van der Waals surface area contributed by atoms with Crippen LogP contribution in [0.25, 0.3) is 0 Å². The van der Waals surface area contributed by atoms with Crippen LogP contribution in [0.5, 0.6) is 0 Å². The molecule has 2 aliphatic heterocycles. The van der Waals surface area contributed by atoms with Gasteiger partial charge in [-0.25, -0.2) is 0 Å². The van der Waals surface area contributed by atoms with Gasteiger partial charge in [0, 0.05) is 49.0 Å². The zero-order chi connectivity index (χ0) is 17.3. The molecule has 0 aromatic carbocycles. The molecule has 0 atom stereocenters. The Morgan fingerprint density at radius 3 is 2.46 bits per heavy atom. The smallest absolute Gasteiger partial charge is 0.243 e. The van der Waals surface area contributed by atoms with E-state index in [4.69, 9.17) is 0 Å². The Morgan fingerprint density at radius 1 is 1.17 bits per heavy atom. The van der Waals surface area contributed by atoms with Gasteiger partial charge in [0.05, 0.1) is 0 Å². The highest BCUT2D eigenvalue weighted by molar-refractivity contribution is 7.11. The van der Waals surface area contributed by atoms with Crippen molar-refractivity contribution in [1.29, 1.82) is 0 Å². The maximum atomic E-state index is 13.2. The lowest BCUT2D eigenvalue weighted by Gasteiger charge is -2.52. The molecular weight excluding hydrogens is 318 g/mol. The van der Waals surface area contributed by atoms with E-state index in [1.165, 1.54) is 9.75 Å². The highest BCUT2D eigenvalue weighted by Crippen LogP contribution is 2.34. The van der Waals surface area contributed by atoms with Crippen molar-refractivity contribution in [3.63, 3.8) is 0 Å². The third-order valence-corrected chi connectivity index (χ3v) is 6.55.